The number of aliphatic hydroxyl groups is 1. The molecule has 1 rings (SSSR count). The van der Waals surface area contributed by atoms with Crippen molar-refractivity contribution in [3.8, 4) is 0 Å². The predicted molar refractivity (Wildman–Crippen MR) is 175 cm³/mol. The fourth-order valence-corrected chi connectivity index (χ4v) is 5.14. The number of pyridine rings is 1. The molecule has 0 radical (unpaired) electrons. The lowest BCUT2D eigenvalue weighted by Gasteiger charge is -2.24. The topological polar surface area (TPSA) is 71.9 Å². The van der Waals surface area contributed by atoms with Crippen molar-refractivity contribution in [2.24, 2.45) is 0 Å². The lowest BCUT2D eigenvalue weighted by molar-refractivity contribution is -0.121. The van der Waals surface area contributed by atoms with Gasteiger partial charge in [0.1, 0.15) is 0 Å². The number of likely N-dealkylation sites (N-methyl/N-ethyl adjacent to an activating group) is 1. The number of unbranched alkanes of at least 4 members (excludes halogenated alkanes) is 15. The normalized spacial score (nSPS) is 11.5. The Morgan fingerprint density at radius 1 is 0.732 bits per heavy atom. The van der Waals surface area contributed by atoms with Gasteiger partial charge in [-0.3, -0.25) is 14.7 Å². The van der Waals surface area contributed by atoms with Crippen molar-refractivity contribution in [2.45, 2.75) is 129 Å². The predicted octanol–water partition coefficient (Wildman–Crippen LogP) is 6.77. The van der Waals surface area contributed by atoms with Gasteiger partial charge in [0, 0.05) is 58.9 Å². The lowest BCUT2D eigenvalue weighted by Crippen LogP contribution is -2.35. The molecule has 0 spiro atoms. The molecule has 2 N–H and O–H groups in total. The Kier molecular flexibility index (Phi) is 22.6. The van der Waals surface area contributed by atoms with Crippen LogP contribution in [0.25, 0.3) is 0 Å². The Morgan fingerprint density at radius 2 is 1.24 bits per heavy atom. The molecule has 1 aromatic rings. The van der Waals surface area contributed by atoms with Crippen molar-refractivity contribution in [1.29, 1.82) is 0 Å². The Balaban J connectivity index is 2.16. The van der Waals surface area contributed by atoms with E-state index in [-0.39, 0.29) is 12.5 Å². The number of rotatable bonds is 27. The van der Waals surface area contributed by atoms with Gasteiger partial charge >= 0.3 is 0 Å². The fraction of sp³-hybridized carbons (Fsp3) is 0.824. The number of aliphatic hydroxyl groups excluding tert-OH is 1. The standard InChI is InChI=1S/C34H65N5O2/c1-6-7-8-9-10-11-12-13-14-15-16-17-18-19-20-21-23-35-34(41)22-24-39(26-25-37(2)3)29-31-27-33(38(4)5)28-32(30-40)36-31/h27-28,40H,6-26,29-30H2,1-5H3,(H,35,41). The lowest BCUT2D eigenvalue weighted by atomic mass is 10.0. The third-order valence-corrected chi connectivity index (χ3v) is 7.85. The van der Waals surface area contributed by atoms with Gasteiger partial charge in [0.15, 0.2) is 0 Å². The number of hydrogen-bond acceptors (Lipinski definition) is 6. The van der Waals surface area contributed by atoms with Crippen LogP contribution in [-0.2, 0) is 17.9 Å². The maximum Gasteiger partial charge on any atom is 0.221 e. The Hall–Kier alpha value is -1.70. The van der Waals surface area contributed by atoms with Crippen LogP contribution in [0, 0.1) is 0 Å². The summed E-state index contributed by atoms with van der Waals surface area (Å²) in [5, 5.41) is 12.8. The highest BCUT2D eigenvalue weighted by Crippen LogP contribution is 2.17. The first-order valence-corrected chi connectivity index (χ1v) is 16.8. The van der Waals surface area contributed by atoms with E-state index in [1.807, 2.05) is 25.1 Å². The Morgan fingerprint density at radius 3 is 1.73 bits per heavy atom. The van der Waals surface area contributed by atoms with Gasteiger partial charge in [-0.2, -0.15) is 0 Å². The van der Waals surface area contributed by atoms with Crippen molar-refractivity contribution in [1.82, 2.24) is 20.1 Å². The number of carbonyl (C=O) groups excluding carboxylic acids is 1. The van der Waals surface area contributed by atoms with Gasteiger partial charge in [0.2, 0.25) is 5.91 Å². The number of nitrogens with one attached hydrogen (secondary N) is 1. The summed E-state index contributed by atoms with van der Waals surface area (Å²) in [5.41, 5.74) is 2.63. The summed E-state index contributed by atoms with van der Waals surface area (Å²) in [7, 11) is 8.12. The molecule has 0 aliphatic rings. The number of aromatic nitrogens is 1. The van der Waals surface area contributed by atoms with Crippen LogP contribution in [0.1, 0.15) is 127 Å². The molecule has 7 nitrogen and oxygen atoms in total. The highest BCUT2D eigenvalue weighted by atomic mass is 16.3. The minimum absolute atomic E-state index is 0.0753. The van der Waals surface area contributed by atoms with Crippen molar-refractivity contribution < 1.29 is 9.90 Å². The third-order valence-electron chi connectivity index (χ3n) is 7.85. The molecular weight excluding hydrogens is 510 g/mol. The van der Waals surface area contributed by atoms with Crippen LogP contribution in [0.4, 0.5) is 5.69 Å². The van der Waals surface area contributed by atoms with E-state index in [1.54, 1.807) is 0 Å². The summed E-state index contributed by atoms with van der Waals surface area (Å²) < 4.78 is 0. The Bertz CT molecular complexity index is 771. The van der Waals surface area contributed by atoms with E-state index in [0.29, 0.717) is 25.2 Å². The molecule has 0 unspecified atom stereocenters. The zero-order valence-electron chi connectivity index (χ0n) is 27.6. The molecule has 0 fully saturated rings. The minimum Gasteiger partial charge on any atom is -0.390 e. The van der Waals surface area contributed by atoms with E-state index in [4.69, 9.17) is 0 Å². The maximum absolute atomic E-state index is 12.5. The maximum atomic E-state index is 12.5. The monoisotopic (exact) mass is 576 g/mol. The van der Waals surface area contributed by atoms with Crippen molar-refractivity contribution in [2.75, 3.05) is 59.3 Å². The molecule has 0 bridgehead atoms. The molecule has 0 saturated carbocycles. The van der Waals surface area contributed by atoms with Crippen LogP contribution in [0.5, 0.6) is 0 Å². The van der Waals surface area contributed by atoms with Gasteiger partial charge in [-0.05, 0) is 32.6 Å². The second-order valence-corrected chi connectivity index (χ2v) is 12.3. The SMILES string of the molecule is CCCCCCCCCCCCCCCCCCNC(=O)CCN(CCN(C)C)Cc1cc(N(C)C)cc(CO)n1. The molecule has 238 valence electrons. The number of amides is 1. The third kappa shape index (κ3) is 20.8. The molecule has 0 saturated heterocycles. The largest absolute Gasteiger partial charge is 0.390 e. The summed E-state index contributed by atoms with van der Waals surface area (Å²) in [6.45, 7) is 6.13. The van der Waals surface area contributed by atoms with Crippen molar-refractivity contribution in [3.63, 3.8) is 0 Å². The molecule has 7 heteroatoms. The van der Waals surface area contributed by atoms with E-state index < -0.39 is 0 Å². The second-order valence-electron chi connectivity index (χ2n) is 12.3. The van der Waals surface area contributed by atoms with Crippen molar-refractivity contribution >= 4 is 11.6 Å². The first-order valence-electron chi connectivity index (χ1n) is 16.8. The fourth-order valence-electron chi connectivity index (χ4n) is 5.14. The zero-order chi connectivity index (χ0) is 30.1. The molecule has 1 heterocycles. The number of anilines is 1. The van der Waals surface area contributed by atoms with Crippen LogP contribution in [-0.4, -0.2) is 80.2 Å². The molecule has 0 aliphatic heterocycles. The quantitative estimate of drug-likeness (QED) is 0.113. The smallest absolute Gasteiger partial charge is 0.221 e. The minimum atomic E-state index is -0.0753. The van der Waals surface area contributed by atoms with Crippen LogP contribution in [0.2, 0.25) is 0 Å². The first-order chi connectivity index (χ1) is 19.8. The summed E-state index contributed by atoms with van der Waals surface area (Å²) >= 11 is 0. The first kappa shape index (κ1) is 37.3. The van der Waals surface area contributed by atoms with E-state index in [0.717, 1.165) is 37.4 Å². The van der Waals surface area contributed by atoms with Crippen LogP contribution in [0.15, 0.2) is 12.1 Å². The summed E-state index contributed by atoms with van der Waals surface area (Å²) in [4.78, 5) is 23.6. The highest BCUT2D eigenvalue weighted by Gasteiger charge is 2.12. The van der Waals surface area contributed by atoms with Crippen LogP contribution < -0.4 is 10.2 Å². The molecule has 1 amide bonds. The summed E-state index contributed by atoms with van der Waals surface area (Å²) in [5.74, 6) is 0.131. The molecule has 1 aromatic heterocycles. The molecule has 0 atom stereocenters. The molecule has 0 aromatic carbocycles. The molecule has 0 aliphatic carbocycles. The molecule has 41 heavy (non-hydrogen) atoms. The van der Waals surface area contributed by atoms with Crippen LogP contribution >= 0.6 is 0 Å². The van der Waals surface area contributed by atoms with Gasteiger partial charge < -0.3 is 20.2 Å². The van der Waals surface area contributed by atoms with Gasteiger partial charge in [-0.25, -0.2) is 0 Å². The van der Waals surface area contributed by atoms with Gasteiger partial charge in [-0.1, -0.05) is 103 Å². The van der Waals surface area contributed by atoms with Crippen LogP contribution in [0.3, 0.4) is 0 Å². The second kappa shape index (κ2) is 24.9. The van der Waals surface area contributed by atoms with E-state index in [2.05, 4.69) is 47.2 Å². The van der Waals surface area contributed by atoms with E-state index in [9.17, 15) is 9.90 Å². The summed E-state index contributed by atoms with van der Waals surface area (Å²) in [6.07, 6.45) is 22.3. The van der Waals surface area contributed by atoms with Gasteiger partial charge in [0.05, 0.1) is 18.0 Å². The summed E-state index contributed by atoms with van der Waals surface area (Å²) in [6, 6.07) is 3.99. The van der Waals surface area contributed by atoms with Gasteiger partial charge in [0.25, 0.3) is 0 Å². The average Bonchev–Trinajstić information content (AvgIpc) is 2.95. The average molecular weight is 576 g/mol. The zero-order valence-corrected chi connectivity index (χ0v) is 27.6. The van der Waals surface area contributed by atoms with E-state index >= 15 is 0 Å². The van der Waals surface area contributed by atoms with Crippen molar-refractivity contribution in [3.05, 3.63) is 23.5 Å². The highest BCUT2D eigenvalue weighted by molar-refractivity contribution is 5.76. The number of hydrogen-bond donors (Lipinski definition) is 2. The Labute approximate surface area is 253 Å². The molecular formula is C34H65N5O2. The number of carbonyl (C=O) groups is 1. The van der Waals surface area contributed by atoms with Gasteiger partial charge in [-0.15, -0.1) is 0 Å². The van der Waals surface area contributed by atoms with E-state index in [1.165, 1.54) is 96.3 Å². The number of nitrogens with zero attached hydrogens (tertiary/aromatic N) is 4.